The Kier molecular flexibility index (Phi) is 3.82. The number of fused-ring (bicyclic) bond motifs is 1. The highest BCUT2D eigenvalue weighted by Gasteiger charge is 2.30. The topological polar surface area (TPSA) is 56.5 Å². The van der Waals surface area contributed by atoms with Gasteiger partial charge in [-0.25, -0.2) is 5.43 Å². The number of rotatable bonds is 3. The molecule has 4 heteroatoms. The van der Waals surface area contributed by atoms with Gasteiger partial charge in [-0.15, -0.1) is 0 Å². The predicted molar refractivity (Wildman–Crippen MR) is 82.3 cm³/mol. The molecule has 3 N–H and O–H groups in total. The lowest BCUT2D eigenvalue weighted by atomic mass is 9.95. The standard InChI is InChI=1S/C17H20N2O2/c1-11-7-8-12(2)13(9-11)17(19-18)16-10-20-14-5-3-4-6-15(14)21-16/h3-9,16-17,19H,10,18H2,1-2H3. The van der Waals surface area contributed by atoms with Gasteiger partial charge in [-0.1, -0.05) is 35.9 Å². The first-order valence-electron chi connectivity index (χ1n) is 7.11. The first-order chi connectivity index (χ1) is 10.2. The van der Waals surface area contributed by atoms with Gasteiger partial charge in [-0.05, 0) is 37.1 Å². The molecule has 0 bridgehead atoms. The van der Waals surface area contributed by atoms with E-state index in [1.807, 2.05) is 24.3 Å². The highest BCUT2D eigenvalue weighted by atomic mass is 16.6. The molecule has 0 saturated heterocycles. The van der Waals surface area contributed by atoms with Crippen LogP contribution in [0.1, 0.15) is 22.7 Å². The van der Waals surface area contributed by atoms with Crippen molar-refractivity contribution in [3.8, 4) is 11.5 Å². The zero-order chi connectivity index (χ0) is 14.8. The maximum Gasteiger partial charge on any atom is 0.161 e. The fourth-order valence-corrected chi connectivity index (χ4v) is 2.69. The molecule has 0 fully saturated rings. The highest BCUT2D eigenvalue weighted by molar-refractivity contribution is 5.41. The van der Waals surface area contributed by atoms with Crippen LogP contribution in [0.2, 0.25) is 0 Å². The molecule has 1 heterocycles. The minimum absolute atomic E-state index is 0.113. The maximum absolute atomic E-state index is 6.07. The molecule has 110 valence electrons. The molecule has 2 atom stereocenters. The molecule has 0 radical (unpaired) electrons. The Morgan fingerprint density at radius 2 is 1.90 bits per heavy atom. The second-order valence-corrected chi connectivity index (χ2v) is 5.42. The molecular formula is C17H20N2O2. The molecule has 2 aromatic carbocycles. The van der Waals surface area contributed by atoms with Crippen LogP contribution in [0.3, 0.4) is 0 Å². The molecule has 0 spiro atoms. The summed E-state index contributed by atoms with van der Waals surface area (Å²) in [6, 6.07) is 13.9. The molecule has 1 aliphatic heterocycles. The van der Waals surface area contributed by atoms with Crippen molar-refractivity contribution in [2.75, 3.05) is 6.61 Å². The normalized spacial score (nSPS) is 18.3. The Balaban J connectivity index is 1.90. The van der Waals surface area contributed by atoms with Gasteiger partial charge in [0.2, 0.25) is 0 Å². The third-order valence-electron chi connectivity index (χ3n) is 3.85. The van der Waals surface area contributed by atoms with E-state index in [4.69, 9.17) is 15.3 Å². The average molecular weight is 284 g/mol. The van der Waals surface area contributed by atoms with Crippen LogP contribution >= 0.6 is 0 Å². The second kappa shape index (κ2) is 5.76. The fraction of sp³-hybridized carbons (Fsp3) is 0.294. The molecule has 0 amide bonds. The number of hydrogen-bond donors (Lipinski definition) is 2. The molecule has 0 aliphatic carbocycles. The van der Waals surface area contributed by atoms with Crippen molar-refractivity contribution in [1.82, 2.24) is 5.43 Å². The smallest absolute Gasteiger partial charge is 0.161 e. The van der Waals surface area contributed by atoms with E-state index < -0.39 is 0 Å². The second-order valence-electron chi connectivity index (χ2n) is 5.42. The van der Waals surface area contributed by atoms with E-state index >= 15 is 0 Å². The number of ether oxygens (including phenoxy) is 2. The van der Waals surface area contributed by atoms with Crippen molar-refractivity contribution in [2.24, 2.45) is 5.84 Å². The molecular weight excluding hydrogens is 264 g/mol. The average Bonchev–Trinajstić information content (AvgIpc) is 2.51. The first-order valence-corrected chi connectivity index (χ1v) is 7.11. The van der Waals surface area contributed by atoms with E-state index in [2.05, 4.69) is 37.5 Å². The summed E-state index contributed by atoms with van der Waals surface area (Å²) >= 11 is 0. The van der Waals surface area contributed by atoms with Gasteiger partial charge in [0, 0.05) is 0 Å². The number of benzene rings is 2. The number of nitrogens with one attached hydrogen (secondary N) is 1. The number of para-hydroxylation sites is 2. The van der Waals surface area contributed by atoms with Crippen molar-refractivity contribution in [1.29, 1.82) is 0 Å². The minimum Gasteiger partial charge on any atom is -0.486 e. The number of hydrazine groups is 1. The van der Waals surface area contributed by atoms with E-state index in [0.717, 1.165) is 17.1 Å². The summed E-state index contributed by atoms with van der Waals surface area (Å²) in [5, 5.41) is 0. The van der Waals surface area contributed by atoms with Crippen LogP contribution in [-0.4, -0.2) is 12.7 Å². The lowest BCUT2D eigenvalue weighted by Crippen LogP contribution is -2.44. The van der Waals surface area contributed by atoms with E-state index in [1.54, 1.807) is 0 Å². The first kappa shape index (κ1) is 13.9. The summed E-state index contributed by atoms with van der Waals surface area (Å²) in [5.74, 6) is 7.34. The predicted octanol–water partition coefficient (Wildman–Crippen LogP) is 2.65. The zero-order valence-corrected chi connectivity index (χ0v) is 12.3. The van der Waals surface area contributed by atoms with E-state index in [1.165, 1.54) is 11.1 Å². The third-order valence-corrected chi connectivity index (χ3v) is 3.85. The largest absolute Gasteiger partial charge is 0.486 e. The Morgan fingerprint density at radius 3 is 2.67 bits per heavy atom. The van der Waals surface area contributed by atoms with Crippen molar-refractivity contribution < 1.29 is 9.47 Å². The van der Waals surface area contributed by atoms with Gasteiger partial charge < -0.3 is 9.47 Å². The molecule has 2 aromatic rings. The molecule has 0 aromatic heterocycles. The van der Waals surface area contributed by atoms with Crippen LogP contribution in [0.5, 0.6) is 11.5 Å². The number of nitrogens with two attached hydrogens (primary N) is 1. The van der Waals surface area contributed by atoms with Gasteiger partial charge in [0.05, 0.1) is 6.04 Å². The SMILES string of the molecule is Cc1ccc(C)c(C(NN)C2COc3ccccc3O2)c1. The molecule has 4 nitrogen and oxygen atoms in total. The zero-order valence-electron chi connectivity index (χ0n) is 12.3. The van der Waals surface area contributed by atoms with E-state index in [9.17, 15) is 0 Å². The Labute approximate surface area is 124 Å². The highest BCUT2D eigenvalue weighted by Crippen LogP contribution is 2.34. The fourth-order valence-electron chi connectivity index (χ4n) is 2.69. The molecule has 0 saturated carbocycles. The van der Waals surface area contributed by atoms with Gasteiger partial charge in [0.25, 0.3) is 0 Å². The van der Waals surface area contributed by atoms with Gasteiger partial charge in [0.1, 0.15) is 6.61 Å². The summed E-state index contributed by atoms with van der Waals surface area (Å²) in [5.41, 5.74) is 6.41. The minimum atomic E-state index is -0.162. The summed E-state index contributed by atoms with van der Waals surface area (Å²) in [6.07, 6.45) is -0.162. The number of hydrogen-bond acceptors (Lipinski definition) is 4. The van der Waals surface area contributed by atoms with Crippen LogP contribution in [0.25, 0.3) is 0 Å². The monoisotopic (exact) mass is 284 g/mol. The lowest BCUT2D eigenvalue weighted by molar-refractivity contribution is 0.0615. The van der Waals surface area contributed by atoms with Crippen LogP contribution < -0.4 is 20.7 Å². The maximum atomic E-state index is 6.07. The van der Waals surface area contributed by atoms with Crippen LogP contribution in [-0.2, 0) is 0 Å². The molecule has 2 unspecified atom stereocenters. The quantitative estimate of drug-likeness (QED) is 0.672. The van der Waals surface area contributed by atoms with Gasteiger partial charge in [0.15, 0.2) is 17.6 Å². The van der Waals surface area contributed by atoms with Gasteiger partial charge in [-0.3, -0.25) is 5.84 Å². The van der Waals surface area contributed by atoms with Gasteiger partial charge >= 0.3 is 0 Å². The Morgan fingerprint density at radius 1 is 1.14 bits per heavy atom. The van der Waals surface area contributed by atoms with Crippen LogP contribution in [0.4, 0.5) is 0 Å². The van der Waals surface area contributed by atoms with Crippen molar-refractivity contribution in [3.63, 3.8) is 0 Å². The summed E-state index contributed by atoms with van der Waals surface area (Å²) < 4.78 is 11.9. The summed E-state index contributed by atoms with van der Waals surface area (Å²) in [4.78, 5) is 0. The number of aryl methyl sites for hydroxylation is 2. The Bertz CT molecular complexity index is 642. The Hall–Kier alpha value is -2.04. The van der Waals surface area contributed by atoms with Crippen LogP contribution in [0, 0.1) is 13.8 Å². The van der Waals surface area contributed by atoms with Crippen molar-refractivity contribution in [2.45, 2.75) is 26.0 Å². The summed E-state index contributed by atoms with van der Waals surface area (Å²) in [7, 11) is 0. The van der Waals surface area contributed by atoms with Gasteiger partial charge in [-0.2, -0.15) is 0 Å². The van der Waals surface area contributed by atoms with E-state index in [0.29, 0.717) is 6.61 Å². The summed E-state index contributed by atoms with van der Waals surface area (Å²) in [6.45, 7) is 4.63. The van der Waals surface area contributed by atoms with Crippen molar-refractivity contribution in [3.05, 3.63) is 59.2 Å². The van der Waals surface area contributed by atoms with Crippen molar-refractivity contribution >= 4 is 0 Å². The molecule has 1 aliphatic rings. The van der Waals surface area contributed by atoms with E-state index in [-0.39, 0.29) is 12.1 Å². The molecule has 3 rings (SSSR count). The lowest BCUT2D eigenvalue weighted by Gasteiger charge is -2.32. The van der Waals surface area contributed by atoms with Crippen LogP contribution in [0.15, 0.2) is 42.5 Å². The third kappa shape index (κ3) is 2.73. The molecule has 21 heavy (non-hydrogen) atoms.